The first-order valence-corrected chi connectivity index (χ1v) is 6.21. The number of nitrogens with two attached hydrogens (primary N) is 1. The molecule has 0 aliphatic carbocycles. The number of likely N-dealkylation sites (tertiary alicyclic amines) is 1. The van der Waals surface area contributed by atoms with Crippen molar-refractivity contribution in [1.82, 2.24) is 9.88 Å². The summed E-state index contributed by atoms with van der Waals surface area (Å²) in [5.74, 6) is -0.0411. The standard InChI is InChI=1S/C13H19N3O2/c1-18-11-5-7-16(10(8-11)9-14)13(17)12-4-2-3-6-15-12/h2-4,6,10-11H,5,7-9,14H2,1H3. The third-order valence-electron chi connectivity index (χ3n) is 3.42. The van der Waals surface area contributed by atoms with Crippen molar-refractivity contribution in [3.05, 3.63) is 30.1 Å². The van der Waals surface area contributed by atoms with Gasteiger partial charge >= 0.3 is 0 Å². The SMILES string of the molecule is COC1CCN(C(=O)c2ccccn2)C(CN)C1. The maximum absolute atomic E-state index is 12.3. The molecule has 2 N–H and O–H groups in total. The van der Waals surface area contributed by atoms with Gasteiger partial charge in [-0.25, -0.2) is 0 Å². The normalized spacial score (nSPS) is 24.0. The average Bonchev–Trinajstić information content (AvgIpc) is 2.46. The second-order valence-electron chi connectivity index (χ2n) is 4.49. The predicted molar refractivity (Wildman–Crippen MR) is 68.1 cm³/mol. The summed E-state index contributed by atoms with van der Waals surface area (Å²) in [4.78, 5) is 18.2. The topological polar surface area (TPSA) is 68.5 Å². The van der Waals surface area contributed by atoms with Crippen molar-refractivity contribution in [1.29, 1.82) is 0 Å². The summed E-state index contributed by atoms with van der Waals surface area (Å²) in [6.45, 7) is 1.13. The van der Waals surface area contributed by atoms with Crippen LogP contribution in [0.25, 0.3) is 0 Å². The van der Waals surface area contributed by atoms with Gasteiger partial charge in [0.25, 0.3) is 5.91 Å². The molecule has 0 radical (unpaired) electrons. The number of rotatable bonds is 3. The van der Waals surface area contributed by atoms with Crippen LogP contribution in [-0.4, -0.2) is 48.1 Å². The van der Waals surface area contributed by atoms with Gasteiger partial charge in [-0.2, -0.15) is 0 Å². The van der Waals surface area contributed by atoms with E-state index >= 15 is 0 Å². The van der Waals surface area contributed by atoms with Crippen LogP contribution in [0.1, 0.15) is 23.3 Å². The Morgan fingerprint density at radius 2 is 2.44 bits per heavy atom. The van der Waals surface area contributed by atoms with E-state index in [0.717, 1.165) is 12.8 Å². The number of piperidine rings is 1. The molecule has 2 atom stereocenters. The summed E-state index contributed by atoms with van der Waals surface area (Å²) in [5.41, 5.74) is 6.24. The van der Waals surface area contributed by atoms with Gasteiger partial charge in [-0.05, 0) is 25.0 Å². The maximum Gasteiger partial charge on any atom is 0.272 e. The Bertz CT molecular complexity index is 396. The van der Waals surface area contributed by atoms with E-state index in [9.17, 15) is 4.79 Å². The van der Waals surface area contributed by atoms with Crippen LogP contribution in [-0.2, 0) is 4.74 Å². The van der Waals surface area contributed by atoms with Crippen LogP contribution < -0.4 is 5.73 Å². The van der Waals surface area contributed by atoms with E-state index in [2.05, 4.69) is 4.98 Å². The van der Waals surface area contributed by atoms with Crippen LogP contribution >= 0.6 is 0 Å². The summed E-state index contributed by atoms with van der Waals surface area (Å²) in [7, 11) is 1.70. The first-order chi connectivity index (χ1) is 8.76. The molecule has 1 amide bonds. The minimum Gasteiger partial charge on any atom is -0.381 e. The van der Waals surface area contributed by atoms with Crippen LogP contribution in [0.4, 0.5) is 0 Å². The second-order valence-corrected chi connectivity index (χ2v) is 4.49. The van der Waals surface area contributed by atoms with Crippen molar-refractivity contribution < 1.29 is 9.53 Å². The van der Waals surface area contributed by atoms with Gasteiger partial charge in [0.1, 0.15) is 5.69 Å². The molecule has 18 heavy (non-hydrogen) atoms. The van der Waals surface area contributed by atoms with Gasteiger partial charge in [-0.3, -0.25) is 9.78 Å². The average molecular weight is 249 g/mol. The lowest BCUT2D eigenvalue weighted by Crippen LogP contribution is -2.51. The number of ether oxygens (including phenoxy) is 1. The summed E-state index contributed by atoms with van der Waals surface area (Å²) < 4.78 is 5.35. The van der Waals surface area contributed by atoms with E-state index in [4.69, 9.17) is 10.5 Å². The van der Waals surface area contributed by atoms with Crippen molar-refractivity contribution in [2.45, 2.75) is 25.0 Å². The maximum atomic E-state index is 12.3. The van der Waals surface area contributed by atoms with E-state index in [-0.39, 0.29) is 18.1 Å². The van der Waals surface area contributed by atoms with E-state index in [1.165, 1.54) is 0 Å². The fourth-order valence-electron chi connectivity index (χ4n) is 2.36. The Morgan fingerprint density at radius 1 is 1.61 bits per heavy atom. The smallest absolute Gasteiger partial charge is 0.272 e. The van der Waals surface area contributed by atoms with E-state index in [1.807, 2.05) is 11.0 Å². The Hall–Kier alpha value is -1.46. The molecule has 98 valence electrons. The van der Waals surface area contributed by atoms with Crippen molar-refractivity contribution in [3.8, 4) is 0 Å². The number of carbonyl (C=O) groups is 1. The highest BCUT2D eigenvalue weighted by Crippen LogP contribution is 2.20. The molecule has 1 aromatic heterocycles. The predicted octanol–water partition coefficient (Wildman–Crippen LogP) is 0.660. The zero-order valence-electron chi connectivity index (χ0n) is 10.6. The lowest BCUT2D eigenvalue weighted by molar-refractivity contribution is 0.0136. The van der Waals surface area contributed by atoms with Crippen LogP contribution in [0, 0.1) is 0 Å². The molecular formula is C13H19N3O2. The van der Waals surface area contributed by atoms with Crippen molar-refractivity contribution in [2.75, 3.05) is 20.2 Å². The summed E-state index contributed by atoms with van der Waals surface area (Å²) in [6.07, 6.45) is 3.48. The third-order valence-corrected chi connectivity index (χ3v) is 3.42. The number of methoxy groups -OCH3 is 1. The summed E-state index contributed by atoms with van der Waals surface area (Å²) >= 11 is 0. The Morgan fingerprint density at radius 3 is 3.06 bits per heavy atom. The second kappa shape index (κ2) is 5.93. The van der Waals surface area contributed by atoms with Crippen molar-refractivity contribution in [2.24, 2.45) is 5.73 Å². The molecule has 0 aromatic carbocycles. The largest absolute Gasteiger partial charge is 0.381 e. The molecule has 1 aliphatic rings. The van der Waals surface area contributed by atoms with Crippen LogP contribution in [0.15, 0.2) is 24.4 Å². The highest BCUT2D eigenvalue weighted by atomic mass is 16.5. The fraction of sp³-hybridized carbons (Fsp3) is 0.538. The Kier molecular flexibility index (Phi) is 4.28. The first kappa shape index (κ1) is 13.0. The number of amides is 1. The van der Waals surface area contributed by atoms with Crippen LogP contribution in [0.3, 0.4) is 0 Å². The van der Waals surface area contributed by atoms with Crippen molar-refractivity contribution in [3.63, 3.8) is 0 Å². The minimum absolute atomic E-state index is 0.0400. The lowest BCUT2D eigenvalue weighted by Gasteiger charge is -2.38. The van der Waals surface area contributed by atoms with Gasteiger partial charge in [-0.15, -0.1) is 0 Å². The lowest BCUT2D eigenvalue weighted by atomic mass is 9.99. The molecule has 5 heteroatoms. The monoisotopic (exact) mass is 249 g/mol. The first-order valence-electron chi connectivity index (χ1n) is 6.21. The quantitative estimate of drug-likeness (QED) is 0.854. The summed E-state index contributed by atoms with van der Waals surface area (Å²) in [5, 5.41) is 0. The third kappa shape index (κ3) is 2.68. The highest BCUT2D eigenvalue weighted by molar-refractivity contribution is 5.92. The summed E-state index contributed by atoms with van der Waals surface area (Å²) in [6, 6.07) is 5.39. The number of hydrogen-bond acceptors (Lipinski definition) is 4. The number of nitrogens with zero attached hydrogens (tertiary/aromatic N) is 2. The zero-order valence-corrected chi connectivity index (χ0v) is 10.6. The molecule has 5 nitrogen and oxygen atoms in total. The number of carbonyl (C=O) groups excluding carboxylic acids is 1. The van der Waals surface area contributed by atoms with Crippen LogP contribution in [0.5, 0.6) is 0 Å². The van der Waals surface area contributed by atoms with Gasteiger partial charge in [0.05, 0.1) is 6.10 Å². The van der Waals surface area contributed by atoms with Gasteiger partial charge in [0, 0.05) is 32.4 Å². The van der Waals surface area contributed by atoms with E-state index in [0.29, 0.717) is 18.8 Å². The van der Waals surface area contributed by atoms with Crippen LogP contribution in [0.2, 0.25) is 0 Å². The molecule has 0 saturated carbocycles. The molecule has 2 heterocycles. The molecule has 1 saturated heterocycles. The molecule has 1 aromatic rings. The number of pyridine rings is 1. The molecule has 0 spiro atoms. The molecule has 2 unspecified atom stereocenters. The minimum atomic E-state index is -0.0411. The van der Waals surface area contributed by atoms with Gasteiger partial charge < -0.3 is 15.4 Å². The molecule has 1 fully saturated rings. The van der Waals surface area contributed by atoms with Gasteiger partial charge in [0.2, 0.25) is 0 Å². The number of aromatic nitrogens is 1. The van der Waals surface area contributed by atoms with Gasteiger partial charge in [0.15, 0.2) is 0 Å². The van der Waals surface area contributed by atoms with E-state index < -0.39 is 0 Å². The number of hydrogen-bond donors (Lipinski definition) is 1. The molecule has 2 rings (SSSR count). The van der Waals surface area contributed by atoms with E-state index in [1.54, 1.807) is 25.4 Å². The Balaban J connectivity index is 2.10. The highest BCUT2D eigenvalue weighted by Gasteiger charge is 2.31. The Labute approximate surface area is 107 Å². The van der Waals surface area contributed by atoms with Gasteiger partial charge in [-0.1, -0.05) is 6.07 Å². The zero-order chi connectivity index (χ0) is 13.0. The van der Waals surface area contributed by atoms with Crippen molar-refractivity contribution >= 4 is 5.91 Å². The fourth-order valence-corrected chi connectivity index (χ4v) is 2.36. The molecule has 0 bridgehead atoms. The molecular weight excluding hydrogens is 230 g/mol. The molecule has 1 aliphatic heterocycles.